The highest BCUT2D eigenvalue weighted by Crippen LogP contribution is 2.24. The van der Waals surface area contributed by atoms with E-state index in [-0.39, 0.29) is 5.91 Å². The predicted molar refractivity (Wildman–Crippen MR) is 100 cm³/mol. The van der Waals surface area contributed by atoms with Crippen molar-refractivity contribution >= 4 is 17.4 Å². The van der Waals surface area contributed by atoms with Crippen LogP contribution < -0.4 is 5.32 Å². The minimum Gasteiger partial charge on any atom is -0.339 e. The summed E-state index contributed by atoms with van der Waals surface area (Å²) in [5, 5.41) is 3.34. The molecule has 1 N–H and O–H groups in total. The van der Waals surface area contributed by atoms with E-state index in [1.165, 1.54) is 11.1 Å². The van der Waals surface area contributed by atoms with Crippen LogP contribution in [0.2, 0.25) is 0 Å². The van der Waals surface area contributed by atoms with Crippen LogP contribution in [0.4, 0.5) is 11.5 Å². The molecular weight excluding hydrogens is 312 g/mol. The zero-order chi connectivity index (χ0) is 17.8. The molecule has 0 spiro atoms. The van der Waals surface area contributed by atoms with E-state index in [2.05, 4.69) is 54.3 Å². The summed E-state index contributed by atoms with van der Waals surface area (Å²) in [4.78, 5) is 23.2. The quantitative estimate of drug-likeness (QED) is 0.916. The number of benzene rings is 1. The molecule has 1 aromatic heterocycles. The Kier molecular flexibility index (Phi) is 5.31. The van der Waals surface area contributed by atoms with Crippen LogP contribution in [0.3, 0.4) is 0 Å². The first-order valence-corrected chi connectivity index (χ1v) is 9.05. The lowest BCUT2D eigenvalue weighted by atomic mass is 9.99. The van der Waals surface area contributed by atoms with Gasteiger partial charge < -0.3 is 10.2 Å². The van der Waals surface area contributed by atoms with Gasteiger partial charge in [-0.25, -0.2) is 9.97 Å². The number of nitrogens with one attached hydrogen (secondary N) is 1. The number of aromatic nitrogens is 2. The maximum absolute atomic E-state index is 12.5. The lowest BCUT2D eigenvalue weighted by molar-refractivity contribution is 0.0691. The highest BCUT2D eigenvalue weighted by molar-refractivity contribution is 5.92. The van der Waals surface area contributed by atoms with Crippen molar-refractivity contribution in [2.75, 3.05) is 18.4 Å². The van der Waals surface area contributed by atoms with Crippen molar-refractivity contribution in [1.82, 2.24) is 14.9 Å². The summed E-state index contributed by atoms with van der Waals surface area (Å²) >= 11 is 0. The summed E-state index contributed by atoms with van der Waals surface area (Å²) in [5.74, 6) is 1.34. The number of carbonyl (C=O) groups is 1. The highest BCUT2D eigenvalue weighted by Gasteiger charge is 2.22. The molecule has 1 aliphatic heterocycles. The van der Waals surface area contributed by atoms with Crippen molar-refractivity contribution in [3.8, 4) is 0 Å². The number of aryl methyl sites for hydroxylation is 2. The fourth-order valence-corrected chi connectivity index (χ4v) is 3.21. The summed E-state index contributed by atoms with van der Waals surface area (Å²) in [6, 6.07) is 6.24. The van der Waals surface area contributed by atoms with Crippen molar-refractivity contribution in [2.24, 2.45) is 5.92 Å². The van der Waals surface area contributed by atoms with Crippen molar-refractivity contribution in [3.05, 3.63) is 47.4 Å². The second-order valence-electron chi connectivity index (χ2n) is 6.85. The molecular formula is C20H26N4O. The lowest BCUT2D eigenvalue weighted by Crippen LogP contribution is -2.38. The normalized spacial score (nSPS) is 15.2. The molecule has 3 rings (SSSR count). The van der Waals surface area contributed by atoms with Gasteiger partial charge in [0.1, 0.15) is 11.5 Å². The molecule has 1 saturated heterocycles. The zero-order valence-corrected chi connectivity index (χ0v) is 15.2. The Morgan fingerprint density at radius 2 is 2.00 bits per heavy atom. The first-order chi connectivity index (χ1) is 12.1. The molecule has 5 heteroatoms. The first kappa shape index (κ1) is 17.4. The summed E-state index contributed by atoms with van der Waals surface area (Å²) in [5.41, 5.74) is 3.90. The van der Waals surface area contributed by atoms with Gasteiger partial charge in [0.05, 0.1) is 12.4 Å². The Hall–Kier alpha value is -2.43. The van der Waals surface area contributed by atoms with E-state index < -0.39 is 0 Å². The van der Waals surface area contributed by atoms with Gasteiger partial charge in [-0.3, -0.25) is 4.79 Å². The highest BCUT2D eigenvalue weighted by atomic mass is 16.2. The summed E-state index contributed by atoms with van der Waals surface area (Å²) in [7, 11) is 0. The summed E-state index contributed by atoms with van der Waals surface area (Å²) < 4.78 is 0. The molecule has 132 valence electrons. The number of hydrogen-bond donors (Lipinski definition) is 1. The molecule has 2 aromatic rings. The fraction of sp³-hybridized carbons (Fsp3) is 0.450. The molecule has 1 amide bonds. The van der Waals surface area contributed by atoms with Gasteiger partial charge in [-0.1, -0.05) is 32.0 Å². The average Bonchev–Trinajstić information content (AvgIpc) is 2.64. The SMILES string of the molecule is CCc1cccc(C)c1Nc1cnc(C(=O)N2CCC(C)CC2)cn1. The second-order valence-corrected chi connectivity index (χ2v) is 6.85. The zero-order valence-electron chi connectivity index (χ0n) is 15.2. The van der Waals surface area contributed by atoms with Gasteiger partial charge in [-0.05, 0) is 43.2 Å². The lowest BCUT2D eigenvalue weighted by Gasteiger charge is -2.29. The smallest absolute Gasteiger partial charge is 0.274 e. The monoisotopic (exact) mass is 338 g/mol. The van der Waals surface area contributed by atoms with Gasteiger partial charge in [0.15, 0.2) is 0 Å². The number of rotatable bonds is 4. The molecule has 0 atom stereocenters. The van der Waals surface area contributed by atoms with Crippen LogP contribution in [-0.2, 0) is 6.42 Å². The topological polar surface area (TPSA) is 58.1 Å². The number of amides is 1. The Labute approximate surface area is 149 Å². The minimum atomic E-state index is -0.0175. The molecule has 1 aliphatic rings. The van der Waals surface area contributed by atoms with Gasteiger partial charge in [0.25, 0.3) is 5.91 Å². The Balaban J connectivity index is 1.72. The van der Waals surface area contributed by atoms with Crippen LogP contribution in [0.15, 0.2) is 30.6 Å². The summed E-state index contributed by atoms with van der Waals surface area (Å²) in [6.45, 7) is 8.06. The van der Waals surface area contributed by atoms with Crippen LogP contribution in [0.25, 0.3) is 0 Å². The van der Waals surface area contributed by atoms with Crippen LogP contribution in [0, 0.1) is 12.8 Å². The van der Waals surface area contributed by atoms with Gasteiger partial charge in [0, 0.05) is 18.8 Å². The number of hydrogen-bond acceptors (Lipinski definition) is 4. The van der Waals surface area contributed by atoms with E-state index in [1.807, 2.05) is 4.90 Å². The second kappa shape index (κ2) is 7.64. The standard InChI is InChI=1S/C20H26N4O/c1-4-16-7-5-6-15(3)19(16)23-18-13-21-17(12-22-18)20(25)24-10-8-14(2)9-11-24/h5-7,12-14H,4,8-11H2,1-3H3,(H,22,23). The molecule has 0 radical (unpaired) electrons. The van der Waals surface area contributed by atoms with E-state index in [4.69, 9.17) is 0 Å². The van der Waals surface area contributed by atoms with Crippen molar-refractivity contribution < 1.29 is 4.79 Å². The van der Waals surface area contributed by atoms with E-state index in [0.29, 0.717) is 17.4 Å². The predicted octanol–water partition coefficient (Wildman–Crippen LogP) is 3.96. The fourth-order valence-electron chi connectivity index (χ4n) is 3.21. The number of para-hydroxylation sites is 1. The Morgan fingerprint density at radius 3 is 2.64 bits per heavy atom. The molecule has 1 fully saturated rings. The number of nitrogens with zero attached hydrogens (tertiary/aromatic N) is 3. The Bertz CT molecular complexity index is 734. The molecule has 0 saturated carbocycles. The molecule has 5 nitrogen and oxygen atoms in total. The van der Waals surface area contributed by atoms with Crippen LogP contribution in [0.5, 0.6) is 0 Å². The summed E-state index contributed by atoms with van der Waals surface area (Å²) in [6.07, 6.45) is 6.29. The maximum Gasteiger partial charge on any atom is 0.274 e. The maximum atomic E-state index is 12.5. The van der Waals surface area contributed by atoms with E-state index >= 15 is 0 Å². The third kappa shape index (κ3) is 3.98. The number of likely N-dealkylation sites (tertiary alicyclic amines) is 1. The number of piperidine rings is 1. The van der Waals surface area contributed by atoms with Gasteiger partial charge in [-0.2, -0.15) is 0 Å². The van der Waals surface area contributed by atoms with Crippen molar-refractivity contribution in [3.63, 3.8) is 0 Å². The van der Waals surface area contributed by atoms with E-state index in [1.54, 1.807) is 12.4 Å². The third-order valence-electron chi connectivity index (χ3n) is 4.93. The molecule has 0 unspecified atom stereocenters. The average molecular weight is 338 g/mol. The Morgan fingerprint density at radius 1 is 1.24 bits per heavy atom. The van der Waals surface area contributed by atoms with E-state index in [9.17, 15) is 4.79 Å². The minimum absolute atomic E-state index is 0.0175. The molecule has 0 bridgehead atoms. The van der Waals surface area contributed by atoms with E-state index in [0.717, 1.165) is 38.0 Å². The van der Waals surface area contributed by atoms with Crippen LogP contribution in [-0.4, -0.2) is 33.9 Å². The van der Waals surface area contributed by atoms with Crippen LogP contribution >= 0.6 is 0 Å². The van der Waals surface area contributed by atoms with Crippen LogP contribution in [0.1, 0.15) is 48.3 Å². The molecule has 1 aromatic carbocycles. The molecule has 2 heterocycles. The first-order valence-electron chi connectivity index (χ1n) is 9.05. The number of anilines is 2. The van der Waals surface area contributed by atoms with Gasteiger partial charge in [-0.15, -0.1) is 0 Å². The van der Waals surface area contributed by atoms with Crippen molar-refractivity contribution in [1.29, 1.82) is 0 Å². The largest absolute Gasteiger partial charge is 0.339 e. The van der Waals surface area contributed by atoms with Crippen molar-refractivity contribution in [2.45, 2.75) is 40.0 Å². The van der Waals surface area contributed by atoms with Gasteiger partial charge >= 0.3 is 0 Å². The molecule has 0 aliphatic carbocycles. The third-order valence-corrected chi connectivity index (χ3v) is 4.93. The van der Waals surface area contributed by atoms with Gasteiger partial charge in [0.2, 0.25) is 0 Å². The molecule has 25 heavy (non-hydrogen) atoms. The number of carbonyl (C=O) groups excluding carboxylic acids is 1.